The van der Waals surface area contributed by atoms with Crippen LogP contribution in [-0.4, -0.2) is 23.5 Å². The fraction of sp³-hybridized carbons (Fsp3) is 0.286. The van der Waals surface area contributed by atoms with Gasteiger partial charge in [-0.1, -0.05) is 0 Å². The van der Waals surface area contributed by atoms with Gasteiger partial charge in [-0.05, 0) is 31.0 Å². The van der Waals surface area contributed by atoms with E-state index in [-0.39, 0.29) is 24.1 Å². The van der Waals surface area contributed by atoms with Gasteiger partial charge < -0.3 is 15.8 Å². The maximum absolute atomic E-state index is 13.7. The molecule has 1 aromatic heterocycles. The Morgan fingerprint density at radius 1 is 1.50 bits per heavy atom. The Balaban J connectivity index is 0.00000176. The average Bonchev–Trinajstić information content (AvgIpc) is 3.05. The Morgan fingerprint density at radius 2 is 2.23 bits per heavy atom. The molecule has 0 aliphatic heterocycles. The molecule has 0 saturated heterocycles. The quantitative estimate of drug-likeness (QED) is 0.895. The number of carbonyl (C=O) groups excluding carboxylic acids is 1. The molecule has 0 atom stereocenters. The van der Waals surface area contributed by atoms with Crippen LogP contribution in [-0.2, 0) is 4.79 Å². The minimum absolute atomic E-state index is 0. The number of nitrogens with one attached hydrogen (secondary N) is 1. The molecule has 22 heavy (non-hydrogen) atoms. The average molecular weight is 344 g/mol. The molecule has 8 heteroatoms. The third-order valence-corrected chi connectivity index (χ3v) is 4.17. The first-order valence-corrected chi connectivity index (χ1v) is 7.29. The van der Waals surface area contributed by atoms with Crippen LogP contribution in [0.15, 0.2) is 23.6 Å². The van der Waals surface area contributed by atoms with Crippen LogP contribution in [0.5, 0.6) is 5.75 Å². The molecule has 5 nitrogen and oxygen atoms in total. The summed E-state index contributed by atoms with van der Waals surface area (Å²) in [5.74, 6) is -0.488. The lowest BCUT2D eigenvalue weighted by molar-refractivity contribution is -0.118. The summed E-state index contributed by atoms with van der Waals surface area (Å²) < 4.78 is 18.6. The number of halogens is 2. The number of nitrogens with zero attached hydrogens (tertiary/aromatic N) is 1. The molecule has 1 heterocycles. The fourth-order valence-electron chi connectivity index (χ4n) is 1.87. The van der Waals surface area contributed by atoms with Crippen molar-refractivity contribution in [3.05, 3.63) is 29.4 Å². The maximum atomic E-state index is 13.7. The van der Waals surface area contributed by atoms with Crippen molar-refractivity contribution in [2.45, 2.75) is 18.4 Å². The number of hydrogen-bond acceptors (Lipinski definition) is 5. The van der Waals surface area contributed by atoms with Crippen LogP contribution in [0.4, 0.5) is 9.52 Å². The highest BCUT2D eigenvalue weighted by Gasteiger charge is 2.46. The number of aromatic nitrogens is 1. The van der Waals surface area contributed by atoms with Crippen LogP contribution in [0.2, 0.25) is 0 Å². The van der Waals surface area contributed by atoms with Gasteiger partial charge in [0.2, 0.25) is 5.91 Å². The lowest BCUT2D eigenvalue weighted by Gasteiger charge is -2.06. The normalized spacial score (nSPS) is 14.9. The number of hydrogen-bond donors (Lipinski definition) is 2. The van der Waals surface area contributed by atoms with Gasteiger partial charge in [0.1, 0.15) is 0 Å². The molecule has 1 aliphatic rings. The van der Waals surface area contributed by atoms with Gasteiger partial charge in [-0.25, -0.2) is 9.37 Å². The summed E-state index contributed by atoms with van der Waals surface area (Å²) in [6.07, 6.45) is 1.39. The van der Waals surface area contributed by atoms with Gasteiger partial charge in [0, 0.05) is 10.9 Å². The molecule has 1 saturated carbocycles. The second kappa shape index (κ2) is 6.20. The van der Waals surface area contributed by atoms with Crippen molar-refractivity contribution >= 4 is 34.8 Å². The summed E-state index contributed by atoms with van der Waals surface area (Å²) in [5.41, 5.74) is 6.29. The largest absolute Gasteiger partial charge is 0.494 e. The Labute approximate surface area is 137 Å². The zero-order valence-corrected chi connectivity index (χ0v) is 13.4. The van der Waals surface area contributed by atoms with Crippen molar-refractivity contribution in [2.75, 3.05) is 12.4 Å². The number of benzene rings is 1. The lowest BCUT2D eigenvalue weighted by atomic mass is 10.1. The van der Waals surface area contributed by atoms with Crippen molar-refractivity contribution in [1.82, 2.24) is 4.98 Å². The SMILES string of the molecule is COc1ccc(-c2csc(NC(=O)C3(N)CC3)n2)cc1F.Cl. The van der Waals surface area contributed by atoms with Gasteiger partial charge in [-0.2, -0.15) is 0 Å². The molecule has 118 valence electrons. The van der Waals surface area contributed by atoms with Crippen LogP contribution in [0.1, 0.15) is 12.8 Å². The topological polar surface area (TPSA) is 77.2 Å². The van der Waals surface area contributed by atoms with Gasteiger partial charge in [0.05, 0.1) is 18.3 Å². The predicted octanol–water partition coefficient (Wildman–Crippen LogP) is 2.81. The first-order valence-electron chi connectivity index (χ1n) is 6.42. The maximum Gasteiger partial charge on any atom is 0.246 e. The smallest absolute Gasteiger partial charge is 0.246 e. The van der Waals surface area contributed by atoms with Gasteiger partial charge in [-0.3, -0.25) is 4.79 Å². The van der Waals surface area contributed by atoms with E-state index < -0.39 is 11.4 Å². The number of ether oxygens (including phenoxy) is 1. The number of carbonyl (C=O) groups is 1. The number of rotatable bonds is 4. The molecule has 1 fully saturated rings. The zero-order valence-electron chi connectivity index (χ0n) is 11.8. The van der Waals surface area contributed by atoms with Crippen LogP contribution in [0, 0.1) is 5.82 Å². The highest BCUT2D eigenvalue weighted by atomic mass is 35.5. The van der Waals surface area contributed by atoms with Gasteiger partial charge in [0.25, 0.3) is 0 Å². The highest BCUT2D eigenvalue weighted by molar-refractivity contribution is 7.14. The predicted molar refractivity (Wildman–Crippen MR) is 86.1 cm³/mol. The van der Waals surface area contributed by atoms with E-state index in [4.69, 9.17) is 10.5 Å². The van der Waals surface area contributed by atoms with Gasteiger partial charge in [0.15, 0.2) is 16.7 Å². The molecular formula is C14H15ClFN3O2S. The number of anilines is 1. The van der Waals surface area contributed by atoms with E-state index in [9.17, 15) is 9.18 Å². The van der Waals surface area contributed by atoms with Crippen LogP contribution in [0.25, 0.3) is 11.3 Å². The number of amides is 1. The Morgan fingerprint density at radius 3 is 2.82 bits per heavy atom. The van der Waals surface area contributed by atoms with E-state index in [0.717, 1.165) is 0 Å². The van der Waals surface area contributed by atoms with E-state index in [1.165, 1.54) is 24.5 Å². The van der Waals surface area contributed by atoms with Crippen LogP contribution >= 0.6 is 23.7 Å². The molecule has 0 radical (unpaired) electrons. The third kappa shape index (κ3) is 3.21. The van der Waals surface area contributed by atoms with E-state index in [2.05, 4.69) is 10.3 Å². The minimum Gasteiger partial charge on any atom is -0.494 e. The van der Waals surface area contributed by atoms with E-state index in [1.54, 1.807) is 17.5 Å². The summed E-state index contributed by atoms with van der Waals surface area (Å²) in [6.45, 7) is 0. The summed E-state index contributed by atoms with van der Waals surface area (Å²) in [6, 6.07) is 4.61. The summed E-state index contributed by atoms with van der Waals surface area (Å²) in [7, 11) is 1.41. The molecule has 0 unspecified atom stereocenters. The van der Waals surface area contributed by atoms with E-state index >= 15 is 0 Å². The fourth-order valence-corrected chi connectivity index (χ4v) is 2.59. The Kier molecular flexibility index (Phi) is 4.69. The summed E-state index contributed by atoms with van der Waals surface area (Å²) >= 11 is 1.28. The monoisotopic (exact) mass is 343 g/mol. The first kappa shape index (κ1) is 16.7. The summed E-state index contributed by atoms with van der Waals surface area (Å²) in [5, 5.41) is 4.91. The molecular weight excluding hydrogens is 329 g/mol. The minimum atomic E-state index is -0.738. The lowest BCUT2D eigenvalue weighted by Crippen LogP contribution is -2.37. The van der Waals surface area contributed by atoms with E-state index in [1.807, 2.05) is 0 Å². The molecule has 3 rings (SSSR count). The molecule has 1 amide bonds. The van der Waals surface area contributed by atoms with Crippen molar-refractivity contribution < 1.29 is 13.9 Å². The molecule has 1 aromatic carbocycles. The third-order valence-electron chi connectivity index (χ3n) is 3.41. The van der Waals surface area contributed by atoms with Gasteiger partial charge >= 0.3 is 0 Å². The molecule has 3 N–H and O–H groups in total. The van der Waals surface area contributed by atoms with Crippen molar-refractivity contribution in [3.63, 3.8) is 0 Å². The van der Waals surface area contributed by atoms with Crippen molar-refractivity contribution in [2.24, 2.45) is 5.73 Å². The van der Waals surface area contributed by atoms with Crippen molar-refractivity contribution in [1.29, 1.82) is 0 Å². The van der Waals surface area contributed by atoms with Gasteiger partial charge in [-0.15, -0.1) is 23.7 Å². The number of methoxy groups -OCH3 is 1. The zero-order chi connectivity index (χ0) is 15.0. The second-order valence-corrected chi connectivity index (χ2v) is 5.86. The Hall–Kier alpha value is -1.70. The molecule has 0 spiro atoms. The molecule has 0 bridgehead atoms. The van der Waals surface area contributed by atoms with Crippen LogP contribution in [0.3, 0.4) is 0 Å². The number of thiazole rings is 1. The highest BCUT2D eigenvalue weighted by Crippen LogP contribution is 2.34. The van der Waals surface area contributed by atoms with E-state index in [0.29, 0.717) is 29.2 Å². The summed E-state index contributed by atoms with van der Waals surface area (Å²) in [4.78, 5) is 16.1. The number of nitrogens with two attached hydrogens (primary N) is 1. The standard InChI is InChI=1S/C14H14FN3O2S.ClH/c1-20-11-3-2-8(6-9(11)15)10-7-21-13(17-10)18-12(19)14(16)4-5-14;/h2-3,6-7H,4-5,16H2,1H3,(H,17,18,19);1H. The second-order valence-electron chi connectivity index (χ2n) is 5.00. The van der Waals surface area contributed by atoms with Crippen LogP contribution < -0.4 is 15.8 Å². The molecule has 2 aromatic rings. The molecule has 1 aliphatic carbocycles. The van der Waals surface area contributed by atoms with Crippen molar-refractivity contribution in [3.8, 4) is 17.0 Å². The first-order chi connectivity index (χ1) is 10.0. The Bertz CT molecular complexity index is 703.